The number of rotatable bonds is 7. The second kappa shape index (κ2) is 10.6. The molecule has 0 unspecified atom stereocenters. The third-order valence-corrected chi connectivity index (χ3v) is 6.77. The van der Waals surface area contributed by atoms with Crippen LogP contribution in [-0.4, -0.2) is 31.6 Å². The monoisotopic (exact) mass is 453 g/mol. The minimum atomic E-state index is -0.543. The Balaban J connectivity index is 1.52. The van der Waals surface area contributed by atoms with Gasteiger partial charge in [0.05, 0.1) is 36.5 Å². The molecule has 0 atom stereocenters. The fourth-order valence-corrected chi connectivity index (χ4v) is 4.65. The van der Waals surface area contributed by atoms with Crippen LogP contribution in [0.2, 0.25) is 0 Å². The van der Waals surface area contributed by atoms with Gasteiger partial charge in [0.15, 0.2) is 0 Å². The molecule has 34 heavy (non-hydrogen) atoms. The molecule has 1 fully saturated rings. The number of hydrogen-bond donors (Lipinski definition) is 0. The van der Waals surface area contributed by atoms with Crippen LogP contribution in [0.4, 0.5) is 4.39 Å². The van der Waals surface area contributed by atoms with E-state index in [1.54, 1.807) is 12.1 Å². The molecule has 3 aromatic rings. The number of nitriles is 2. The molecule has 0 spiro atoms. The van der Waals surface area contributed by atoms with E-state index in [0.717, 1.165) is 42.6 Å². The first-order valence-corrected chi connectivity index (χ1v) is 11.5. The molecule has 4 rings (SSSR count). The SMILES string of the molecule is CN1CCC(COCc2cc(CF)cc(-c3ccc(C#N)cc3)c2)(c2ccc(C#N)cc2)CC1. The zero-order chi connectivity index (χ0) is 24.0. The van der Waals surface area contributed by atoms with Gasteiger partial charge < -0.3 is 9.64 Å². The number of piperidine rings is 1. The molecule has 172 valence electrons. The van der Waals surface area contributed by atoms with E-state index < -0.39 is 6.67 Å². The van der Waals surface area contributed by atoms with Crippen LogP contribution in [0, 0.1) is 22.7 Å². The topological polar surface area (TPSA) is 60.0 Å². The summed E-state index contributed by atoms with van der Waals surface area (Å²) in [6, 6.07) is 25.2. The Bertz CT molecular complexity index is 1200. The molecule has 3 aromatic carbocycles. The van der Waals surface area contributed by atoms with Gasteiger partial charge >= 0.3 is 0 Å². The van der Waals surface area contributed by atoms with Gasteiger partial charge in [0, 0.05) is 5.41 Å². The van der Waals surface area contributed by atoms with E-state index in [4.69, 9.17) is 15.3 Å². The van der Waals surface area contributed by atoms with Crippen LogP contribution in [-0.2, 0) is 23.4 Å². The number of nitrogens with zero attached hydrogens (tertiary/aromatic N) is 3. The summed E-state index contributed by atoms with van der Waals surface area (Å²) in [5.41, 5.74) is 5.76. The van der Waals surface area contributed by atoms with Gasteiger partial charge in [-0.15, -0.1) is 0 Å². The van der Waals surface area contributed by atoms with Crippen molar-refractivity contribution in [2.45, 2.75) is 31.5 Å². The van der Waals surface area contributed by atoms with Crippen LogP contribution in [0.1, 0.15) is 40.7 Å². The van der Waals surface area contributed by atoms with Crippen LogP contribution >= 0.6 is 0 Å². The molecule has 5 heteroatoms. The van der Waals surface area contributed by atoms with Crippen LogP contribution in [0.3, 0.4) is 0 Å². The number of hydrogen-bond acceptors (Lipinski definition) is 4. The lowest BCUT2D eigenvalue weighted by molar-refractivity contribution is 0.0407. The highest BCUT2D eigenvalue weighted by Crippen LogP contribution is 2.36. The van der Waals surface area contributed by atoms with Gasteiger partial charge in [0.25, 0.3) is 0 Å². The van der Waals surface area contributed by atoms with E-state index in [9.17, 15) is 4.39 Å². The summed E-state index contributed by atoms with van der Waals surface area (Å²) >= 11 is 0. The second-order valence-corrected chi connectivity index (χ2v) is 9.13. The quantitative estimate of drug-likeness (QED) is 0.457. The van der Waals surface area contributed by atoms with Gasteiger partial charge in [0.2, 0.25) is 0 Å². The van der Waals surface area contributed by atoms with Crippen molar-refractivity contribution < 1.29 is 9.13 Å². The minimum absolute atomic E-state index is 0.103. The molecule has 0 bridgehead atoms. The van der Waals surface area contributed by atoms with Crippen LogP contribution in [0.15, 0.2) is 66.7 Å². The summed E-state index contributed by atoms with van der Waals surface area (Å²) < 4.78 is 19.9. The van der Waals surface area contributed by atoms with Crippen LogP contribution in [0.5, 0.6) is 0 Å². The number of benzene rings is 3. The van der Waals surface area contributed by atoms with E-state index in [-0.39, 0.29) is 5.41 Å². The van der Waals surface area contributed by atoms with Gasteiger partial charge in [-0.3, -0.25) is 0 Å². The number of alkyl halides is 1. The normalized spacial score (nSPS) is 15.4. The lowest BCUT2D eigenvalue weighted by atomic mass is 9.73. The van der Waals surface area contributed by atoms with Crippen molar-refractivity contribution in [1.82, 2.24) is 4.90 Å². The molecule has 0 amide bonds. The van der Waals surface area contributed by atoms with Gasteiger partial charge in [-0.1, -0.05) is 30.3 Å². The van der Waals surface area contributed by atoms with E-state index in [0.29, 0.717) is 29.9 Å². The summed E-state index contributed by atoms with van der Waals surface area (Å²) in [6.45, 7) is 2.40. The molecule has 1 saturated heterocycles. The van der Waals surface area contributed by atoms with Crippen molar-refractivity contribution in [2.24, 2.45) is 0 Å². The zero-order valence-corrected chi connectivity index (χ0v) is 19.4. The van der Waals surface area contributed by atoms with Crippen molar-refractivity contribution in [1.29, 1.82) is 10.5 Å². The average Bonchev–Trinajstić information content (AvgIpc) is 2.90. The van der Waals surface area contributed by atoms with Crippen molar-refractivity contribution in [3.63, 3.8) is 0 Å². The van der Waals surface area contributed by atoms with Gasteiger partial charge in [-0.2, -0.15) is 10.5 Å². The number of likely N-dealkylation sites (tertiary alicyclic amines) is 1. The average molecular weight is 454 g/mol. The summed E-state index contributed by atoms with van der Waals surface area (Å²) in [7, 11) is 2.14. The standard InChI is InChI=1S/C29H28FN3O/c1-33-12-10-29(11-13-33,28-8-4-23(19-32)5-9-28)21-34-20-25-14-24(17-30)15-27(16-25)26-6-2-22(18-31)3-7-26/h2-9,14-16H,10-13,17,20-21H2,1H3. The Hall–Kier alpha value is -3.51. The predicted octanol–water partition coefficient (Wildman–Crippen LogP) is 5.75. The molecule has 0 aliphatic carbocycles. The molecule has 0 saturated carbocycles. The second-order valence-electron chi connectivity index (χ2n) is 9.13. The molecular formula is C29H28FN3O. The first-order chi connectivity index (χ1) is 16.5. The smallest absolute Gasteiger partial charge is 0.115 e. The fourth-order valence-electron chi connectivity index (χ4n) is 4.65. The predicted molar refractivity (Wildman–Crippen MR) is 131 cm³/mol. The van der Waals surface area contributed by atoms with Crippen molar-refractivity contribution in [3.8, 4) is 23.3 Å². The third kappa shape index (κ3) is 5.34. The Kier molecular flexibility index (Phi) is 7.38. The molecule has 1 aliphatic heterocycles. The Morgan fingerprint density at radius 1 is 0.853 bits per heavy atom. The molecular weight excluding hydrogens is 425 g/mol. The van der Waals surface area contributed by atoms with Gasteiger partial charge in [0.1, 0.15) is 6.67 Å². The summed E-state index contributed by atoms with van der Waals surface area (Å²) in [5, 5.41) is 18.2. The highest BCUT2D eigenvalue weighted by molar-refractivity contribution is 5.66. The molecule has 1 heterocycles. The Morgan fingerprint density at radius 3 is 2.03 bits per heavy atom. The maximum atomic E-state index is 13.6. The lowest BCUT2D eigenvalue weighted by Gasteiger charge is -2.41. The highest BCUT2D eigenvalue weighted by atomic mass is 19.1. The Morgan fingerprint density at radius 2 is 1.44 bits per heavy atom. The molecule has 4 nitrogen and oxygen atoms in total. The van der Waals surface area contributed by atoms with Crippen LogP contribution in [0.25, 0.3) is 11.1 Å². The van der Waals surface area contributed by atoms with E-state index >= 15 is 0 Å². The molecule has 0 N–H and O–H groups in total. The fraction of sp³-hybridized carbons (Fsp3) is 0.310. The maximum Gasteiger partial charge on any atom is 0.115 e. The summed E-state index contributed by atoms with van der Waals surface area (Å²) in [5.74, 6) is 0. The molecule has 0 radical (unpaired) electrons. The van der Waals surface area contributed by atoms with Gasteiger partial charge in [-0.25, -0.2) is 4.39 Å². The van der Waals surface area contributed by atoms with Crippen molar-refractivity contribution in [2.75, 3.05) is 26.7 Å². The lowest BCUT2D eigenvalue weighted by Crippen LogP contribution is -2.43. The minimum Gasteiger partial charge on any atom is -0.376 e. The largest absolute Gasteiger partial charge is 0.376 e. The summed E-state index contributed by atoms with van der Waals surface area (Å²) in [4.78, 5) is 2.33. The zero-order valence-electron chi connectivity index (χ0n) is 19.4. The van der Waals surface area contributed by atoms with E-state index in [2.05, 4.69) is 36.2 Å². The number of halogens is 1. The highest BCUT2D eigenvalue weighted by Gasteiger charge is 2.35. The molecule has 0 aromatic heterocycles. The number of ether oxygens (including phenoxy) is 1. The van der Waals surface area contributed by atoms with Crippen LogP contribution < -0.4 is 0 Å². The van der Waals surface area contributed by atoms with Crippen molar-refractivity contribution >= 4 is 0 Å². The van der Waals surface area contributed by atoms with E-state index in [1.807, 2.05) is 42.5 Å². The van der Waals surface area contributed by atoms with Gasteiger partial charge in [-0.05, 0) is 97.2 Å². The van der Waals surface area contributed by atoms with Crippen molar-refractivity contribution in [3.05, 3.63) is 94.5 Å². The molecule has 1 aliphatic rings. The first-order valence-electron chi connectivity index (χ1n) is 11.5. The third-order valence-electron chi connectivity index (χ3n) is 6.77. The summed E-state index contributed by atoms with van der Waals surface area (Å²) in [6.07, 6.45) is 1.97. The Labute approximate surface area is 200 Å². The maximum absolute atomic E-state index is 13.6. The van der Waals surface area contributed by atoms with E-state index in [1.165, 1.54) is 5.56 Å². The first kappa shape index (κ1) is 23.6.